The van der Waals surface area contributed by atoms with Crippen LogP contribution in [0, 0.1) is 0 Å². The Kier molecular flexibility index (Phi) is 16.5. The Bertz CT molecular complexity index is 1040. The quantitative estimate of drug-likeness (QED) is 0.0880. The Morgan fingerprint density at radius 1 is 0.279 bits per heavy atom. The lowest BCUT2D eigenvalue weighted by Gasteiger charge is -2.18. The predicted octanol–water partition coefficient (Wildman–Crippen LogP) is 5.34. The second-order valence-electron chi connectivity index (χ2n) is 9.71. The zero-order chi connectivity index (χ0) is 29.6. The summed E-state index contributed by atoms with van der Waals surface area (Å²) in [4.78, 5) is 0. The lowest BCUT2D eigenvalue weighted by molar-refractivity contribution is -0.00907. The summed E-state index contributed by atoms with van der Waals surface area (Å²) in [5.74, 6) is 0. The average Bonchev–Trinajstić information content (AvgIpc) is 3.07. The van der Waals surface area contributed by atoms with Gasteiger partial charge in [-0.1, -0.05) is 121 Å². The minimum absolute atomic E-state index is 0.419. The highest BCUT2D eigenvalue weighted by Gasteiger charge is 2.14. The topological polar surface area (TPSA) is 46.2 Å². The van der Waals surface area contributed by atoms with E-state index >= 15 is 0 Å². The first kappa shape index (κ1) is 33.4. The van der Waals surface area contributed by atoms with Gasteiger partial charge in [-0.3, -0.25) is 0 Å². The average molecular weight is 619 g/mol. The van der Waals surface area contributed by atoms with Crippen molar-refractivity contribution in [1.29, 1.82) is 0 Å². The van der Waals surface area contributed by atoms with Gasteiger partial charge in [0.2, 0.25) is 0 Å². The highest BCUT2D eigenvalue weighted by atomic mass is 31.1. The summed E-state index contributed by atoms with van der Waals surface area (Å²) >= 11 is 0. The third kappa shape index (κ3) is 13.0. The summed E-state index contributed by atoms with van der Waals surface area (Å²) in [6.07, 6.45) is 2.00. The normalized spacial score (nSPS) is 11.4. The molecule has 0 amide bonds. The lowest BCUT2D eigenvalue weighted by atomic mass is 10.4. The molecule has 0 fully saturated rings. The van der Waals surface area contributed by atoms with Crippen LogP contribution < -0.4 is 21.2 Å². The maximum atomic E-state index is 5.88. The summed E-state index contributed by atoms with van der Waals surface area (Å²) in [7, 11) is -0.838. The molecule has 0 N–H and O–H groups in total. The molecule has 0 heterocycles. The number of hydrogen-bond donors (Lipinski definition) is 0. The molecule has 0 saturated carbocycles. The molecule has 43 heavy (non-hydrogen) atoms. The minimum atomic E-state index is -0.419. The maximum Gasteiger partial charge on any atom is 0.0701 e. The van der Waals surface area contributed by atoms with Crippen molar-refractivity contribution < 1.29 is 23.7 Å². The van der Waals surface area contributed by atoms with Crippen molar-refractivity contribution in [1.82, 2.24) is 0 Å². The zero-order valence-corrected chi connectivity index (χ0v) is 26.8. The van der Waals surface area contributed by atoms with Gasteiger partial charge >= 0.3 is 0 Å². The van der Waals surface area contributed by atoms with E-state index in [2.05, 4.69) is 121 Å². The Labute approximate surface area is 260 Å². The highest BCUT2D eigenvalue weighted by Crippen LogP contribution is 2.33. The smallest absolute Gasteiger partial charge is 0.0701 e. The van der Waals surface area contributed by atoms with E-state index in [0.717, 1.165) is 25.5 Å². The molecule has 0 bridgehead atoms. The SMILES string of the molecule is c1ccc(P(CCOCCOCCOCCOCCOCCP(c2ccccc2)c2ccccc2)c2ccccc2)cc1. The molecular weight excluding hydrogens is 574 g/mol. The van der Waals surface area contributed by atoms with Gasteiger partial charge in [0, 0.05) is 0 Å². The van der Waals surface area contributed by atoms with Crippen LogP contribution in [-0.4, -0.2) is 78.4 Å². The molecule has 4 rings (SSSR count). The zero-order valence-electron chi connectivity index (χ0n) is 25.0. The first-order valence-electron chi connectivity index (χ1n) is 15.1. The Morgan fingerprint density at radius 3 is 0.721 bits per heavy atom. The van der Waals surface area contributed by atoms with Crippen LogP contribution in [-0.2, 0) is 23.7 Å². The summed E-state index contributed by atoms with van der Waals surface area (Å²) in [6, 6.07) is 42.9. The molecule has 0 radical (unpaired) electrons. The molecule has 0 aromatic heterocycles. The standard InChI is InChI=1S/C36H44O5P2/c1-5-13-33(14-6-1)42(34-15-7-2-8-16-34)31-29-40-27-25-38-23-21-37-22-24-39-26-28-41-30-32-43(35-17-9-3-10-18-35)36-19-11-4-12-20-36/h1-20H,21-32H2. The fraction of sp³-hybridized carbons (Fsp3) is 0.333. The largest absolute Gasteiger partial charge is 0.379 e. The number of ether oxygens (including phenoxy) is 5. The molecule has 228 valence electrons. The van der Waals surface area contributed by atoms with E-state index in [1.807, 2.05) is 0 Å². The summed E-state index contributed by atoms with van der Waals surface area (Å²) in [6.45, 7) is 5.98. The van der Waals surface area contributed by atoms with Crippen molar-refractivity contribution >= 4 is 37.1 Å². The van der Waals surface area contributed by atoms with Gasteiger partial charge in [-0.25, -0.2) is 0 Å². The van der Waals surface area contributed by atoms with E-state index in [1.54, 1.807) is 0 Å². The van der Waals surface area contributed by atoms with Gasteiger partial charge in [0.05, 0.1) is 66.1 Å². The molecule has 0 atom stereocenters. The molecule has 0 spiro atoms. The third-order valence-electron chi connectivity index (χ3n) is 6.68. The number of benzene rings is 4. The van der Waals surface area contributed by atoms with Gasteiger partial charge in [-0.2, -0.15) is 0 Å². The fourth-order valence-corrected chi connectivity index (χ4v) is 8.92. The molecule has 0 aliphatic carbocycles. The summed E-state index contributed by atoms with van der Waals surface area (Å²) in [5.41, 5.74) is 0. The van der Waals surface area contributed by atoms with Crippen molar-refractivity contribution in [2.24, 2.45) is 0 Å². The highest BCUT2D eigenvalue weighted by molar-refractivity contribution is 7.73. The number of hydrogen-bond acceptors (Lipinski definition) is 5. The molecule has 0 aliphatic rings. The van der Waals surface area contributed by atoms with E-state index in [-0.39, 0.29) is 0 Å². The van der Waals surface area contributed by atoms with Crippen molar-refractivity contribution in [3.05, 3.63) is 121 Å². The first-order valence-corrected chi connectivity index (χ1v) is 18.1. The Hall–Kier alpha value is -2.46. The second kappa shape index (κ2) is 21.3. The van der Waals surface area contributed by atoms with Crippen molar-refractivity contribution in [3.8, 4) is 0 Å². The maximum absolute atomic E-state index is 5.88. The van der Waals surface area contributed by atoms with Gasteiger partial charge in [0.25, 0.3) is 0 Å². The second-order valence-corrected chi connectivity index (χ2v) is 14.4. The van der Waals surface area contributed by atoms with Crippen molar-refractivity contribution in [2.45, 2.75) is 0 Å². The van der Waals surface area contributed by atoms with Crippen LogP contribution in [0.4, 0.5) is 0 Å². The van der Waals surface area contributed by atoms with E-state index in [9.17, 15) is 0 Å². The molecule has 5 nitrogen and oxygen atoms in total. The molecule has 4 aromatic carbocycles. The Morgan fingerprint density at radius 2 is 0.488 bits per heavy atom. The summed E-state index contributed by atoms with van der Waals surface area (Å²) < 4.78 is 28.7. The number of rotatable bonds is 22. The predicted molar refractivity (Wildman–Crippen MR) is 182 cm³/mol. The fourth-order valence-electron chi connectivity index (χ4n) is 4.54. The molecular formula is C36H44O5P2. The monoisotopic (exact) mass is 618 g/mol. The molecule has 7 heteroatoms. The van der Waals surface area contributed by atoms with Crippen LogP contribution in [0.5, 0.6) is 0 Å². The van der Waals surface area contributed by atoms with Crippen LogP contribution >= 0.6 is 15.8 Å². The lowest BCUT2D eigenvalue weighted by Crippen LogP contribution is -2.18. The van der Waals surface area contributed by atoms with Gasteiger partial charge in [0.1, 0.15) is 0 Å². The van der Waals surface area contributed by atoms with Gasteiger partial charge < -0.3 is 23.7 Å². The van der Waals surface area contributed by atoms with E-state index < -0.39 is 15.8 Å². The third-order valence-corrected chi connectivity index (χ3v) is 11.6. The van der Waals surface area contributed by atoms with Gasteiger partial charge in [-0.15, -0.1) is 0 Å². The van der Waals surface area contributed by atoms with E-state index in [4.69, 9.17) is 23.7 Å². The van der Waals surface area contributed by atoms with Crippen molar-refractivity contribution in [2.75, 3.05) is 78.4 Å². The van der Waals surface area contributed by atoms with E-state index in [0.29, 0.717) is 52.9 Å². The molecule has 0 aliphatic heterocycles. The first-order chi connectivity index (χ1) is 21.4. The van der Waals surface area contributed by atoms with Crippen LogP contribution in [0.1, 0.15) is 0 Å². The van der Waals surface area contributed by atoms with Gasteiger partial charge in [-0.05, 0) is 49.4 Å². The van der Waals surface area contributed by atoms with Crippen LogP contribution in [0.2, 0.25) is 0 Å². The van der Waals surface area contributed by atoms with Crippen molar-refractivity contribution in [3.63, 3.8) is 0 Å². The van der Waals surface area contributed by atoms with Crippen LogP contribution in [0.25, 0.3) is 0 Å². The van der Waals surface area contributed by atoms with Gasteiger partial charge in [0.15, 0.2) is 0 Å². The molecule has 0 saturated heterocycles. The Balaban J connectivity index is 0.958. The van der Waals surface area contributed by atoms with Crippen LogP contribution in [0.15, 0.2) is 121 Å². The minimum Gasteiger partial charge on any atom is -0.379 e. The summed E-state index contributed by atoms with van der Waals surface area (Å²) in [5, 5.41) is 5.53. The van der Waals surface area contributed by atoms with E-state index in [1.165, 1.54) is 21.2 Å². The van der Waals surface area contributed by atoms with Crippen LogP contribution in [0.3, 0.4) is 0 Å². The molecule has 4 aromatic rings. The molecule has 0 unspecified atom stereocenters.